The van der Waals surface area contributed by atoms with Gasteiger partial charge in [-0.1, -0.05) is 13.0 Å². The molecule has 3 heteroatoms. The van der Waals surface area contributed by atoms with Crippen LogP contribution in [-0.4, -0.2) is 23.0 Å². The number of rotatable bonds is 3. The van der Waals surface area contributed by atoms with Gasteiger partial charge in [0.2, 0.25) is 0 Å². The maximum absolute atomic E-state index is 9.04. The molecule has 1 aliphatic rings. The number of thioether (sulfide) groups is 1. The van der Waals surface area contributed by atoms with Gasteiger partial charge >= 0.3 is 0 Å². The predicted molar refractivity (Wildman–Crippen MR) is 70.3 cm³/mol. The summed E-state index contributed by atoms with van der Waals surface area (Å²) in [7, 11) is 0. The fraction of sp³-hybridized carbons (Fsp3) is 0.538. The number of fused-ring (bicyclic) bond motifs is 1. The number of benzene rings is 1. The second-order valence-electron chi connectivity index (χ2n) is 4.29. The molecule has 88 valence electrons. The van der Waals surface area contributed by atoms with Gasteiger partial charge in [-0.15, -0.1) is 11.8 Å². The van der Waals surface area contributed by atoms with Gasteiger partial charge < -0.3 is 10.4 Å². The Hall–Kier alpha value is -0.670. The molecule has 1 aliphatic heterocycles. The summed E-state index contributed by atoms with van der Waals surface area (Å²) in [6, 6.07) is 7.05. The van der Waals surface area contributed by atoms with E-state index in [9.17, 15) is 0 Å². The maximum Gasteiger partial charge on any atom is 0.0481 e. The second kappa shape index (κ2) is 5.11. The van der Waals surface area contributed by atoms with Crippen LogP contribution in [-0.2, 0) is 6.42 Å². The first-order valence-electron chi connectivity index (χ1n) is 5.91. The lowest BCUT2D eigenvalue weighted by atomic mass is 10.1. The van der Waals surface area contributed by atoms with Gasteiger partial charge in [0.25, 0.3) is 0 Å². The molecular formula is C13H19NOS. The van der Waals surface area contributed by atoms with Crippen molar-refractivity contribution in [2.24, 2.45) is 0 Å². The summed E-state index contributed by atoms with van der Waals surface area (Å²) >= 11 is 1.90. The quantitative estimate of drug-likeness (QED) is 0.848. The third-order valence-electron chi connectivity index (χ3n) is 3.09. The molecule has 2 N–H and O–H groups in total. The van der Waals surface area contributed by atoms with E-state index in [4.69, 9.17) is 5.11 Å². The lowest BCUT2D eigenvalue weighted by molar-refractivity contribution is 0.284. The molecule has 0 spiro atoms. The molecule has 0 saturated heterocycles. The molecule has 0 aromatic heterocycles. The Kier molecular flexibility index (Phi) is 3.77. The third kappa shape index (κ3) is 2.36. The van der Waals surface area contributed by atoms with E-state index in [-0.39, 0.29) is 6.61 Å². The SMILES string of the molecule is CCc1ccc2c(c1)SC(CCO)C(C)N2. The molecule has 0 fully saturated rings. The average molecular weight is 237 g/mol. The number of hydrogen-bond acceptors (Lipinski definition) is 3. The smallest absolute Gasteiger partial charge is 0.0481 e. The summed E-state index contributed by atoms with van der Waals surface area (Å²) in [6.45, 7) is 4.63. The summed E-state index contributed by atoms with van der Waals surface area (Å²) in [4.78, 5) is 1.33. The van der Waals surface area contributed by atoms with Gasteiger partial charge in [-0.25, -0.2) is 0 Å². The van der Waals surface area contributed by atoms with Crippen LogP contribution < -0.4 is 5.32 Å². The fourth-order valence-electron chi connectivity index (χ4n) is 2.04. The van der Waals surface area contributed by atoms with Gasteiger partial charge in [0.1, 0.15) is 0 Å². The van der Waals surface area contributed by atoms with E-state index in [1.165, 1.54) is 16.1 Å². The second-order valence-corrected chi connectivity index (χ2v) is 5.57. The van der Waals surface area contributed by atoms with Crippen LogP contribution in [0, 0.1) is 0 Å². The zero-order valence-electron chi connectivity index (χ0n) is 9.86. The predicted octanol–water partition coefficient (Wildman–Crippen LogP) is 2.91. The normalized spacial score (nSPS) is 23.7. The number of nitrogens with one attached hydrogen (secondary N) is 1. The van der Waals surface area contributed by atoms with Gasteiger partial charge in [-0.3, -0.25) is 0 Å². The van der Waals surface area contributed by atoms with Gasteiger partial charge in [0, 0.05) is 28.5 Å². The molecule has 0 saturated carbocycles. The van der Waals surface area contributed by atoms with Crippen LogP contribution in [0.5, 0.6) is 0 Å². The molecule has 1 aromatic rings. The summed E-state index contributed by atoms with van der Waals surface area (Å²) in [5.74, 6) is 0. The summed E-state index contributed by atoms with van der Waals surface area (Å²) < 4.78 is 0. The monoisotopic (exact) mass is 237 g/mol. The molecule has 1 heterocycles. The largest absolute Gasteiger partial charge is 0.396 e. The van der Waals surface area contributed by atoms with Crippen molar-refractivity contribution in [2.75, 3.05) is 11.9 Å². The van der Waals surface area contributed by atoms with E-state index < -0.39 is 0 Å². The highest BCUT2D eigenvalue weighted by Gasteiger charge is 2.24. The number of aliphatic hydroxyl groups excluding tert-OH is 1. The van der Waals surface area contributed by atoms with Crippen molar-refractivity contribution >= 4 is 17.4 Å². The number of aliphatic hydroxyl groups is 1. The van der Waals surface area contributed by atoms with Gasteiger partial charge in [-0.05, 0) is 37.5 Å². The first-order valence-corrected chi connectivity index (χ1v) is 6.79. The third-order valence-corrected chi connectivity index (χ3v) is 4.63. The Bertz CT molecular complexity index is 367. The molecule has 16 heavy (non-hydrogen) atoms. The zero-order chi connectivity index (χ0) is 11.5. The van der Waals surface area contributed by atoms with Crippen molar-refractivity contribution in [1.82, 2.24) is 0 Å². The molecule has 0 aliphatic carbocycles. The van der Waals surface area contributed by atoms with E-state index in [0.29, 0.717) is 11.3 Å². The van der Waals surface area contributed by atoms with Crippen LogP contribution in [0.25, 0.3) is 0 Å². The van der Waals surface area contributed by atoms with E-state index in [1.807, 2.05) is 11.8 Å². The van der Waals surface area contributed by atoms with Gasteiger partial charge in [0.15, 0.2) is 0 Å². The van der Waals surface area contributed by atoms with E-state index >= 15 is 0 Å². The summed E-state index contributed by atoms with van der Waals surface area (Å²) in [6.07, 6.45) is 1.93. The van der Waals surface area contributed by atoms with Crippen molar-refractivity contribution in [3.63, 3.8) is 0 Å². The molecule has 2 nitrogen and oxygen atoms in total. The van der Waals surface area contributed by atoms with Crippen molar-refractivity contribution in [3.05, 3.63) is 23.8 Å². The maximum atomic E-state index is 9.04. The highest BCUT2D eigenvalue weighted by molar-refractivity contribution is 8.00. The first kappa shape index (κ1) is 11.8. The topological polar surface area (TPSA) is 32.3 Å². The lowest BCUT2D eigenvalue weighted by Crippen LogP contribution is -2.32. The highest BCUT2D eigenvalue weighted by atomic mass is 32.2. The minimum Gasteiger partial charge on any atom is -0.396 e. The minimum atomic E-state index is 0.270. The molecule has 0 radical (unpaired) electrons. The number of aryl methyl sites for hydroxylation is 1. The Labute approximate surface area is 101 Å². The molecule has 2 unspecified atom stereocenters. The summed E-state index contributed by atoms with van der Waals surface area (Å²) in [5.41, 5.74) is 2.62. The van der Waals surface area contributed by atoms with Crippen LogP contribution >= 0.6 is 11.8 Å². The molecule has 1 aromatic carbocycles. The van der Waals surface area contributed by atoms with Crippen LogP contribution in [0.1, 0.15) is 25.8 Å². The fourth-order valence-corrected chi connectivity index (χ4v) is 3.34. The van der Waals surface area contributed by atoms with Crippen molar-refractivity contribution < 1.29 is 5.11 Å². The first-order chi connectivity index (χ1) is 7.74. The summed E-state index contributed by atoms with van der Waals surface area (Å²) in [5, 5.41) is 13.0. The molecule has 2 atom stereocenters. The van der Waals surface area contributed by atoms with E-state index in [0.717, 1.165) is 12.8 Å². The average Bonchev–Trinajstić information content (AvgIpc) is 2.30. The van der Waals surface area contributed by atoms with Crippen LogP contribution in [0.2, 0.25) is 0 Å². The Morgan fingerprint density at radius 2 is 2.25 bits per heavy atom. The number of anilines is 1. The van der Waals surface area contributed by atoms with Crippen molar-refractivity contribution in [3.8, 4) is 0 Å². The standard InChI is InChI=1S/C13H19NOS/c1-3-10-4-5-11-13(8-10)16-12(6-7-15)9(2)14-11/h4-5,8-9,12,14-15H,3,6-7H2,1-2H3. The van der Waals surface area contributed by atoms with E-state index in [2.05, 4.69) is 37.4 Å². The Morgan fingerprint density at radius 1 is 1.44 bits per heavy atom. The molecular weight excluding hydrogens is 218 g/mol. The van der Waals surface area contributed by atoms with Crippen LogP contribution in [0.15, 0.2) is 23.1 Å². The zero-order valence-corrected chi connectivity index (χ0v) is 10.7. The Morgan fingerprint density at radius 3 is 2.94 bits per heavy atom. The number of hydrogen-bond donors (Lipinski definition) is 2. The van der Waals surface area contributed by atoms with Crippen molar-refractivity contribution in [1.29, 1.82) is 0 Å². The molecule has 2 rings (SSSR count). The van der Waals surface area contributed by atoms with Gasteiger partial charge in [-0.2, -0.15) is 0 Å². The van der Waals surface area contributed by atoms with E-state index in [1.54, 1.807) is 0 Å². The Balaban J connectivity index is 2.22. The van der Waals surface area contributed by atoms with Crippen molar-refractivity contribution in [2.45, 2.75) is 42.9 Å². The van der Waals surface area contributed by atoms with Crippen LogP contribution in [0.4, 0.5) is 5.69 Å². The lowest BCUT2D eigenvalue weighted by Gasteiger charge is -2.31. The van der Waals surface area contributed by atoms with Gasteiger partial charge in [0.05, 0.1) is 0 Å². The highest BCUT2D eigenvalue weighted by Crippen LogP contribution is 2.39. The van der Waals surface area contributed by atoms with Crippen LogP contribution in [0.3, 0.4) is 0 Å². The molecule has 0 bridgehead atoms. The molecule has 0 amide bonds. The minimum absolute atomic E-state index is 0.270.